The highest BCUT2D eigenvalue weighted by Crippen LogP contribution is 2.31. The predicted octanol–water partition coefficient (Wildman–Crippen LogP) is 2.49. The summed E-state index contributed by atoms with van der Waals surface area (Å²) in [6.07, 6.45) is -4.01. The summed E-state index contributed by atoms with van der Waals surface area (Å²) in [6, 6.07) is 0.647. The Morgan fingerprint density at radius 3 is 2.68 bits per heavy atom. The summed E-state index contributed by atoms with van der Waals surface area (Å²) in [7, 11) is 1.49. The molecule has 1 aliphatic heterocycles. The summed E-state index contributed by atoms with van der Waals surface area (Å²) in [5.41, 5.74) is -0.917. The Morgan fingerprint density at radius 2 is 2.16 bits per heavy atom. The Hall–Kier alpha value is -1.44. The van der Waals surface area contributed by atoms with Crippen molar-refractivity contribution in [2.75, 3.05) is 20.1 Å². The zero-order chi connectivity index (χ0) is 14.2. The van der Waals surface area contributed by atoms with E-state index in [9.17, 15) is 22.0 Å². The van der Waals surface area contributed by atoms with Crippen LogP contribution in [0, 0.1) is 5.82 Å². The summed E-state index contributed by atoms with van der Waals surface area (Å²) in [6.45, 7) is -0.545. The molecule has 0 bridgehead atoms. The minimum atomic E-state index is -3.10. The molecule has 1 aromatic rings. The van der Waals surface area contributed by atoms with Crippen molar-refractivity contribution in [2.24, 2.45) is 0 Å². The second-order valence-electron chi connectivity index (χ2n) is 4.41. The van der Waals surface area contributed by atoms with Crippen molar-refractivity contribution in [1.82, 2.24) is 9.88 Å². The smallest absolute Gasteiger partial charge is 0.297 e. The molecule has 0 radical (unpaired) electrons. The van der Waals surface area contributed by atoms with Gasteiger partial charge >= 0.3 is 0 Å². The molecule has 1 saturated heterocycles. The maximum Gasteiger partial charge on any atom is 0.297 e. The lowest BCUT2D eigenvalue weighted by Gasteiger charge is -2.19. The van der Waals surface area contributed by atoms with Crippen molar-refractivity contribution in [3.63, 3.8) is 0 Å². The van der Waals surface area contributed by atoms with E-state index in [1.807, 2.05) is 0 Å². The summed E-state index contributed by atoms with van der Waals surface area (Å²) in [5, 5.41) is 0. The van der Waals surface area contributed by atoms with Crippen molar-refractivity contribution >= 4 is 0 Å². The number of pyridine rings is 1. The van der Waals surface area contributed by atoms with Crippen LogP contribution in [0.1, 0.15) is 12.0 Å². The SMILES string of the molecule is CN1C[C@H](Oc2cc(C(F)F)c(F)cn2)C(F)(F)C1. The molecular formula is C11H11F5N2O. The second kappa shape index (κ2) is 4.92. The van der Waals surface area contributed by atoms with Crippen LogP contribution >= 0.6 is 0 Å². The van der Waals surface area contributed by atoms with Crippen molar-refractivity contribution < 1.29 is 26.7 Å². The standard InChI is InChI=1S/C11H11F5N2O/c1-18-4-8(11(15,16)5-18)19-9-2-6(10(13)14)7(12)3-17-9/h2-3,8,10H,4-5H2,1H3/t8-/m0/s1. The Kier molecular flexibility index (Phi) is 3.62. The van der Waals surface area contributed by atoms with Gasteiger partial charge in [-0.05, 0) is 7.05 Å². The van der Waals surface area contributed by atoms with Crippen LogP contribution in [0.3, 0.4) is 0 Å². The minimum absolute atomic E-state index is 0.0595. The molecule has 1 atom stereocenters. The highest BCUT2D eigenvalue weighted by atomic mass is 19.3. The van der Waals surface area contributed by atoms with Crippen molar-refractivity contribution in [1.29, 1.82) is 0 Å². The molecular weight excluding hydrogens is 271 g/mol. The fourth-order valence-electron chi connectivity index (χ4n) is 1.88. The van der Waals surface area contributed by atoms with Crippen LogP contribution in [0.15, 0.2) is 12.3 Å². The molecule has 0 N–H and O–H groups in total. The minimum Gasteiger partial charge on any atom is -0.466 e. The Morgan fingerprint density at radius 1 is 1.47 bits per heavy atom. The van der Waals surface area contributed by atoms with Gasteiger partial charge in [0.1, 0.15) is 0 Å². The molecule has 0 spiro atoms. The second-order valence-corrected chi connectivity index (χ2v) is 4.41. The van der Waals surface area contributed by atoms with Crippen LogP contribution in [0.25, 0.3) is 0 Å². The fraction of sp³-hybridized carbons (Fsp3) is 0.545. The van der Waals surface area contributed by atoms with Crippen LogP contribution in [0.5, 0.6) is 5.88 Å². The summed E-state index contributed by atoms with van der Waals surface area (Å²) in [4.78, 5) is 4.74. The first-order valence-corrected chi connectivity index (χ1v) is 5.46. The third-order valence-electron chi connectivity index (χ3n) is 2.79. The number of alkyl halides is 4. The molecule has 106 valence electrons. The number of aromatic nitrogens is 1. The van der Waals surface area contributed by atoms with Gasteiger partial charge in [-0.25, -0.2) is 26.9 Å². The average molecular weight is 282 g/mol. The van der Waals surface area contributed by atoms with Crippen LogP contribution in [0.2, 0.25) is 0 Å². The Balaban J connectivity index is 2.18. The molecule has 0 aliphatic carbocycles. The summed E-state index contributed by atoms with van der Waals surface area (Å²) < 4.78 is 69.7. The number of hydrogen-bond acceptors (Lipinski definition) is 3. The monoisotopic (exact) mass is 282 g/mol. The van der Waals surface area contributed by atoms with Gasteiger partial charge in [-0.2, -0.15) is 0 Å². The maximum atomic E-state index is 13.5. The average Bonchev–Trinajstić information content (AvgIpc) is 2.54. The number of likely N-dealkylation sites (N-methyl/N-ethyl adjacent to an activating group) is 1. The van der Waals surface area contributed by atoms with Gasteiger partial charge in [0.2, 0.25) is 5.88 Å². The number of halogens is 5. The maximum absolute atomic E-state index is 13.5. The first kappa shape index (κ1) is 14.0. The van der Waals surface area contributed by atoms with E-state index in [0.29, 0.717) is 12.3 Å². The lowest BCUT2D eigenvalue weighted by atomic mass is 10.2. The van der Waals surface area contributed by atoms with E-state index in [-0.39, 0.29) is 6.54 Å². The molecule has 2 heterocycles. The van der Waals surface area contributed by atoms with Crippen LogP contribution < -0.4 is 4.74 Å². The van der Waals surface area contributed by atoms with Gasteiger partial charge in [0.05, 0.1) is 18.3 Å². The van der Waals surface area contributed by atoms with Gasteiger partial charge in [-0.15, -0.1) is 0 Å². The summed E-state index contributed by atoms with van der Waals surface area (Å²) in [5.74, 6) is -4.73. The zero-order valence-corrected chi connectivity index (χ0v) is 9.92. The molecule has 8 heteroatoms. The lowest BCUT2D eigenvalue weighted by molar-refractivity contribution is -0.0630. The van der Waals surface area contributed by atoms with Crippen LogP contribution in [-0.4, -0.2) is 42.0 Å². The molecule has 1 aromatic heterocycles. The van der Waals surface area contributed by atoms with Gasteiger partial charge < -0.3 is 4.74 Å². The molecule has 19 heavy (non-hydrogen) atoms. The number of hydrogen-bond donors (Lipinski definition) is 0. The van der Waals surface area contributed by atoms with Crippen molar-refractivity contribution in [3.8, 4) is 5.88 Å². The largest absolute Gasteiger partial charge is 0.466 e. The molecule has 0 aromatic carbocycles. The van der Waals surface area contributed by atoms with E-state index in [2.05, 4.69) is 4.98 Å². The van der Waals surface area contributed by atoms with Gasteiger partial charge in [-0.1, -0.05) is 0 Å². The third-order valence-corrected chi connectivity index (χ3v) is 2.79. The predicted molar refractivity (Wildman–Crippen MR) is 56.0 cm³/mol. The van der Waals surface area contributed by atoms with E-state index in [1.165, 1.54) is 11.9 Å². The molecule has 0 unspecified atom stereocenters. The van der Waals surface area contributed by atoms with Gasteiger partial charge in [0.25, 0.3) is 12.3 Å². The molecule has 3 nitrogen and oxygen atoms in total. The molecule has 0 saturated carbocycles. The lowest BCUT2D eigenvalue weighted by Crippen LogP contribution is -2.36. The zero-order valence-electron chi connectivity index (χ0n) is 9.92. The first-order chi connectivity index (χ1) is 8.79. The van der Waals surface area contributed by atoms with Crippen LogP contribution in [-0.2, 0) is 0 Å². The van der Waals surface area contributed by atoms with Gasteiger partial charge in [-0.3, -0.25) is 4.90 Å². The van der Waals surface area contributed by atoms with Crippen molar-refractivity contribution in [3.05, 3.63) is 23.6 Å². The number of rotatable bonds is 3. The van der Waals surface area contributed by atoms with E-state index >= 15 is 0 Å². The van der Waals surface area contributed by atoms with Crippen LogP contribution in [0.4, 0.5) is 22.0 Å². The Bertz CT molecular complexity index is 468. The first-order valence-electron chi connectivity index (χ1n) is 5.46. The highest BCUT2D eigenvalue weighted by Gasteiger charge is 2.49. The van der Waals surface area contributed by atoms with E-state index in [4.69, 9.17) is 4.74 Å². The topological polar surface area (TPSA) is 25.4 Å². The molecule has 0 amide bonds. The number of nitrogens with zero attached hydrogens (tertiary/aromatic N) is 2. The molecule has 2 rings (SSSR count). The van der Waals surface area contributed by atoms with Crippen molar-refractivity contribution in [2.45, 2.75) is 18.5 Å². The van der Waals surface area contributed by atoms with E-state index < -0.39 is 42.3 Å². The number of likely N-dealkylation sites (tertiary alicyclic amines) is 1. The van der Waals surface area contributed by atoms with E-state index in [0.717, 1.165) is 0 Å². The van der Waals surface area contributed by atoms with Gasteiger partial charge in [0.15, 0.2) is 11.9 Å². The quantitative estimate of drug-likeness (QED) is 0.796. The third kappa shape index (κ3) is 2.94. The van der Waals surface area contributed by atoms with Gasteiger partial charge in [0, 0.05) is 12.6 Å². The summed E-state index contributed by atoms with van der Waals surface area (Å²) >= 11 is 0. The highest BCUT2D eigenvalue weighted by molar-refractivity contribution is 5.23. The van der Waals surface area contributed by atoms with E-state index in [1.54, 1.807) is 0 Å². The number of ether oxygens (including phenoxy) is 1. The normalized spacial score (nSPS) is 23.0. The Labute approximate surface area is 106 Å². The molecule has 1 fully saturated rings. The fourth-order valence-corrected chi connectivity index (χ4v) is 1.88. The molecule has 1 aliphatic rings.